The molecule has 2 atom stereocenters. The fourth-order valence-electron chi connectivity index (χ4n) is 2.81. The molecule has 7 heteroatoms. The number of benzene rings is 2. The second kappa shape index (κ2) is 11.2. The minimum Gasteiger partial charge on any atom is -0.508 e. The van der Waals surface area contributed by atoms with Crippen LogP contribution in [0.15, 0.2) is 65.6 Å². The Balaban J connectivity index is 2.07. The molecule has 0 aliphatic rings. The molecule has 2 aromatic carbocycles. The molecule has 0 aliphatic carbocycles. The van der Waals surface area contributed by atoms with E-state index in [4.69, 9.17) is 9.84 Å². The van der Waals surface area contributed by atoms with E-state index in [2.05, 4.69) is 5.32 Å². The van der Waals surface area contributed by atoms with Gasteiger partial charge in [0.25, 0.3) is 0 Å². The summed E-state index contributed by atoms with van der Waals surface area (Å²) in [6.45, 7) is 1.94. The summed E-state index contributed by atoms with van der Waals surface area (Å²) in [6.07, 6.45) is 4.72. The van der Waals surface area contributed by atoms with Gasteiger partial charge in [-0.25, -0.2) is 9.59 Å². The van der Waals surface area contributed by atoms with Crippen molar-refractivity contribution in [1.82, 2.24) is 0 Å². The number of rotatable bonds is 9. The number of phenols is 1. The van der Waals surface area contributed by atoms with Crippen LogP contribution in [0.3, 0.4) is 0 Å². The maximum atomic E-state index is 12.5. The maximum absolute atomic E-state index is 12.5. The molecule has 2 rings (SSSR count). The Morgan fingerprint density at radius 1 is 1.14 bits per heavy atom. The average Bonchev–Trinajstić information content (AvgIpc) is 2.70. The van der Waals surface area contributed by atoms with Crippen LogP contribution >= 0.6 is 11.8 Å². The van der Waals surface area contributed by atoms with E-state index < -0.39 is 18.2 Å². The monoisotopic (exact) mass is 415 g/mol. The van der Waals surface area contributed by atoms with Gasteiger partial charge >= 0.3 is 12.1 Å². The minimum absolute atomic E-state index is 0.0670. The second-order valence-electron chi connectivity index (χ2n) is 6.57. The summed E-state index contributed by atoms with van der Waals surface area (Å²) in [5.41, 5.74) is 1.39. The molecule has 0 aromatic heterocycles. The third-order valence-electron chi connectivity index (χ3n) is 4.36. The number of carbonyl (C=O) groups is 2. The van der Waals surface area contributed by atoms with Gasteiger partial charge in [-0.2, -0.15) is 0 Å². The highest BCUT2D eigenvalue weighted by Gasteiger charge is 2.23. The van der Waals surface area contributed by atoms with Crippen molar-refractivity contribution in [2.24, 2.45) is 5.92 Å². The van der Waals surface area contributed by atoms with Gasteiger partial charge in [0.05, 0.1) is 0 Å². The number of carboxylic acid groups (broad SMARTS) is 1. The van der Waals surface area contributed by atoms with Crippen molar-refractivity contribution in [2.75, 3.05) is 11.6 Å². The van der Waals surface area contributed by atoms with Crippen molar-refractivity contribution in [3.8, 4) is 5.75 Å². The van der Waals surface area contributed by atoms with Gasteiger partial charge in [0.2, 0.25) is 0 Å². The maximum Gasteiger partial charge on any atom is 0.412 e. The third-order valence-corrected chi connectivity index (χ3v) is 5.10. The smallest absolute Gasteiger partial charge is 0.412 e. The van der Waals surface area contributed by atoms with E-state index >= 15 is 0 Å². The quantitative estimate of drug-likeness (QED) is 0.372. The number of carboxylic acids is 1. The van der Waals surface area contributed by atoms with Crippen molar-refractivity contribution in [3.63, 3.8) is 0 Å². The first-order valence-corrected chi connectivity index (χ1v) is 10.4. The highest BCUT2D eigenvalue weighted by atomic mass is 32.2. The molecule has 1 amide bonds. The van der Waals surface area contributed by atoms with Gasteiger partial charge in [-0.05, 0) is 67.0 Å². The van der Waals surface area contributed by atoms with Crippen molar-refractivity contribution in [1.29, 1.82) is 0 Å². The number of phenolic OH excluding ortho intramolecular Hbond substituents is 1. The predicted octanol–water partition coefficient (Wildman–Crippen LogP) is 5.46. The largest absolute Gasteiger partial charge is 0.508 e. The molecule has 29 heavy (non-hydrogen) atoms. The van der Waals surface area contributed by atoms with Gasteiger partial charge in [0, 0.05) is 16.7 Å². The molecule has 0 heterocycles. The molecule has 0 aliphatic heterocycles. The summed E-state index contributed by atoms with van der Waals surface area (Å²) in [7, 11) is 0. The number of nitrogens with one attached hydrogen (secondary N) is 1. The lowest BCUT2D eigenvalue weighted by Gasteiger charge is -2.24. The van der Waals surface area contributed by atoms with E-state index in [1.54, 1.807) is 42.1 Å². The highest BCUT2D eigenvalue weighted by Crippen LogP contribution is 2.31. The SMILES string of the molecule is CSc1ccc(NC(=O)O[C@@H](c2ccc(O)cc2)[C@@H](C)CC/C=C/C(=O)O)cc1. The number of aromatic hydroxyl groups is 1. The van der Waals surface area contributed by atoms with Crippen LogP contribution in [-0.2, 0) is 9.53 Å². The first-order valence-electron chi connectivity index (χ1n) is 9.19. The van der Waals surface area contributed by atoms with E-state index in [0.717, 1.165) is 16.5 Å². The molecule has 0 saturated heterocycles. The Hall–Kier alpha value is -2.93. The predicted molar refractivity (Wildman–Crippen MR) is 114 cm³/mol. The van der Waals surface area contributed by atoms with Gasteiger partial charge in [-0.15, -0.1) is 11.8 Å². The van der Waals surface area contributed by atoms with Crippen molar-refractivity contribution in [3.05, 3.63) is 66.2 Å². The normalized spacial score (nSPS) is 13.0. The Bertz CT molecular complexity index is 833. The number of allylic oxidation sites excluding steroid dienone is 1. The van der Waals surface area contributed by atoms with Gasteiger partial charge < -0.3 is 14.9 Å². The molecule has 0 radical (unpaired) electrons. The first kappa shape index (κ1) is 22.4. The van der Waals surface area contributed by atoms with E-state index in [0.29, 0.717) is 18.5 Å². The number of anilines is 1. The Labute approximate surface area is 174 Å². The zero-order valence-electron chi connectivity index (χ0n) is 16.4. The number of thioether (sulfide) groups is 1. The van der Waals surface area contributed by atoms with E-state index in [-0.39, 0.29) is 11.7 Å². The van der Waals surface area contributed by atoms with E-state index in [1.807, 2.05) is 37.4 Å². The van der Waals surface area contributed by atoms with Crippen LogP contribution in [0.2, 0.25) is 0 Å². The topological polar surface area (TPSA) is 95.9 Å². The van der Waals surface area contributed by atoms with Crippen LogP contribution in [0, 0.1) is 5.92 Å². The van der Waals surface area contributed by atoms with Crippen LogP contribution < -0.4 is 5.32 Å². The van der Waals surface area contributed by atoms with Crippen molar-refractivity contribution >= 4 is 29.5 Å². The van der Waals surface area contributed by atoms with Crippen LogP contribution in [0.4, 0.5) is 10.5 Å². The van der Waals surface area contributed by atoms with Crippen LogP contribution in [0.25, 0.3) is 0 Å². The fourth-order valence-corrected chi connectivity index (χ4v) is 3.22. The Morgan fingerprint density at radius 3 is 2.38 bits per heavy atom. The second-order valence-corrected chi connectivity index (χ2v) is 7.45. The summed E-state index contributed by atoms with van der Waals surface area (Å²) in [5.74, 6) is -0.929. The average molecular weight is 416 g/mol. The molecule has 154 valence electrons. The van der Waals surface area contributed by atoms with E-state index in [9.17, 15) is 14.7 Å². The number of aliphatic carboxylic acids is 1. The number of carbonyl (C=O) groups excluding carboxylic acids is 1. The zero-order valence-corrected chi connectivity index (χ0v) is 17.2. The number of hydrogen-bond donors (Lipinski definition) is 3. The summed E-state index contributed by atoms with van der Waals surface area (Å²) in [5, 5.41) is 21.0. The molecule has 6 nitrogen and oxygen atoms in total. The zero-order chi connectivity index (χ0) is 21.2. The molecule has 2 aromatic rings. The Kier molecular flexibility index (Phi) is 8.61. The molecular weight excluding hydrogens is 390 g/mol. The summed E-state index contributed by atoms with van der Waals surface area (Å²) in [4.78, 5) is 24.2. The summed E-state index contributed by atoms with van der Waals surface area (Å²) in [6, 6.07) is 14.0. The highest BCUT2D eigenvalue weighted by molar-refractivity contribution is 7.98. The third kappa shape index (κ3) is 7.54. The number of hydrogen-bond acceptors (Lipinski definition) is 5. The minimum atomic E-state index is -0.990. The van der Waals surface area contributed by atoms with Crippen LogP contribution in [-0.4, -0.2) is 28.5 Å². The molecule has 0 fully saturated rings. The van der Waals surface area contributed by atoms with Crippen LogP contribution in [0.5, 0.6) is 5.75 Å². The van der Waals surface area contributed by atoms with Gasteiger partial charge in [-0.3, -0.25) is 5.32 Å². The van der Waals surface area contributed by atoms with Gasteiger partial charge in [-0.1, -0.05) is 25.1 Å². The molecular formula is C22H25NO5S. The molecule has 3 N–H and O–H groups in total. The standard InChI is InChI=1S/C22H25NO5S/c1-15(5-3-4-6-20(25)26)21(16-7-11-18(24)12-8-16)28-22(27)23-17-9-13-19(29-2)14-10-17/h4,6-15,21,24H,3,5H2,1-2H3,(H,23,27)(H,25,26)/b6-4+/t15-,21+/m0/s1. The first-order chi connectivity index (χ1) is 13.9. The van der Waals surface area contributed by atoms with Crippen molar-refractivity contribution < 1.29 is 24.5 Å². The summed E-state index contributed by atoms with van der Waals surface area (Å²) < 4.78 is 5.70. The molecule has 0 unspecified atom stereocenters. The summed E-state index contributed by atoms with van der Waals surface area (Å²) >= 11 is 1.61. The van der Waals surface area contributed by atoms with E-state index in [1.165, 1.54) is 0 Å². The molecule has 0 bridgehead atoms. The van der Waals surface area contributed by atoms with Crippen molar-refractivity contribution in [2.45, 2.75) is 30.8 Å². The Morgan fingerprint density at radius 2 is 1.79 bits per heavy atom. The number of ether oxygens (including phenoxy) is 1. The van der Waals surface area contributed by atoms with Crippen LogP contribution in [0.1, 0.15) is 31.4 Å². The number of amides is 1. The lowest BCUT2D eigenvalue weighted by atomic mass is 9.93. The van der Waals surface area contributed by atoms with Gasteiger partial charge in [0.1, 0.15) is 11.9 Å². The lowest BCUT2D eigenvalue weighted by Crippen LogP contribution is -2.22. The molecule has 0 spiro atoms. The van der Waals surface area contributed by atoms with Gasteiger partial charge in [0.15, 0.2) is 0 Å². The lowest BCUT2D eigenvalue weighted by molar-refractivity contribution is -0.131. The fraction of sp³-hybridized carbons (Fsp3) is 0.273. The molecule has 0 saturated carbocycles.